The number of halogens is 4. The summed E-state index contributed by atoms with van der Waals surface area (Å²) in [7, 11) is 1.47. The molecule has 0 aliphatic carbocycles. The molecule has 0 N–H and O–H groups in total. The predicted molar refractivity (Wildman–Crippen MR) is 78.0 cm³/mol. The van der Waals surface area contributed by atoms with Crippen LogP contribution in [0.1, 0.15) is 11.5 Å². The molecule has 0 fully saturated rings. The van der Waals surface area contributed by atoms with Crippen molar-refractivity contribution in [1.82, 2.24) is 9.97 Å². The fourth-order valence-electron chi connectivity index (χ4n) is 2.10. The summed E-state index contributed by atoms with van der Waals surface area (Å²) in [6.45, 7) is 0.300. The number of aryl methyl sites for hydroxylation is 1. The number of ether oxygens (including phenoxy) is 1. The van der Waals surface area contributed by atoms with Crippen molar-refractivity contribution in [3.63, 3.8) is 0 Å². The fraction of sp³-hybridized carbons (Fsp3) is 0.429. The van der Waals surface area contributed by atoms with E-state index in [1.54, 1.807) is 19.1 Å². The van der Waals surface area contributed by atoms with E-state index in [9.17, 15) is 13.2 Å². The molecule has 0 bridgehead atoms. The van der Waals surface area contributed by atoms with E-state index in [-0.39, 0.29) is 6.42 Å². The van der Waals surface area contributed by atoms with Crippen molar-refractivity contribution in [2.75, 3.05) is 13.8 Å². The van der Waals surface area contributed by atoms with Crippen LogP contribution in [0.25, 0.3) is 10.9 Å². The van der Waals surface area contributed by atoms with E-state index in [1.807, 2.05) is 0 Å². The van der Waals surface area contributed by atoms with Crippen LogP contribution in [-0.4, -0.2) is 36.1 Å². The molecular formula is C14H14BrF3N2O. The van der Waals surface area contributed by atoms with Gasteiger partial charge in [-0.1, -0.05) is 0 Å². The standard InChI is InChI=1S/C14H14BrF3N2O/c1-7-19-11(5-9(17)10(18)6-16)13-12(21-2)4-3-8(15)14(13)20-7/h3-4,9-10H,5-6H2,1-2H3. The number of hydrogen-bond donors (Lipinski definition) is 0. The Morgan fingerprint density at radius 3 is 2.57 bits per heavy atom. The third-order valence-electron chi connectivity index (χ3n) is 3.10. The quantitative estimate of drug-likeness (QED) is 0.808. The van der Waals surface area contributed by atoms with Crippen LogP contribution in [0.15, 0.2) is 16.6 Å². The van der Waals surface area contributed by atoms with Crippen molar-refractivity contribution < 1.29 is 17.9 Å². The highest BCUT2D eigenvalue weighted by atomic mass is 79.9. The Bertz CT molecular complexity index is 654. The number of alkyl halides is 3. The minimum Gasteiger partial charge on any atom is -0.496 e. The van der Waals surface area contributed by atoms with Gasteiger partial charge in [-0.3, -0.25) is 0 Å². The van der Waals surface area contributed by atoms with Crippen LogP contribution in [0.5, 0.6) is 5.75 Å². The second-order valence-electron chi connectivity index (χ2n) is 4.58. The van der Waals surface area contributed by atoms with Gasteiger partial charge in [-0.05, 0) is 35.0 Å². The first-order valence-corrected chi connectivity index (χ1v) is 7.11. The fourth-order valence-corrected chi connectivity index (χ4v) is 2.52. The van der Waals surface area contributed by atoms with Gasteiger partial charge in [-0.15, -0.1) is 0 Å². The first-order chi connectivity index (χ1) is 9.97. The maximum atomic E-state index is 13.8. The van der Waals surface area contributed by atoms with Crippen molar-refractivity contribution in [3.05, 3.63) is 28.1 Å². The van der Waals surface area contributed by atoms with Crippen LogP contribution in [0, 0.1) is 6.92 Å². The Morgan fingerprint density at radius 2 is 1.95 bits per heavy atom. The number of nitrogens with zero attached hydrogens (tertiary/aromatic N) is 2. The average molecular weight is 363 g/mol. The number of benzene rings is 1. The summed E-state index contributed by atoms with van der Waals surface area (Å²) in [5, 5.41) is 0.506. The average Bonchev–Trinajstić information content (AvgIpc) is 2.47. The van der Waals surface area contributed by atoms with Crippen molar-refractivity contribution in [3.8, 4) is 5.75 Å². The first kappa shape index (κ1) is 16.0. The lowest BCUT2D eigenvalue weighted by molar-refractivity contribution is 0.136. The van der Waals surface area contributed by atoms with Crippen molar-refractivity contribution >= 4 is 26.8 Å². The molecule has 0 radical (unpaired) electrons. The summed E-state index contributed by atoms with van der Waals surface area (Å²) in [5.41, 5.74) is 0.860. The Kier molecular flexibility index (Phi) is 5.03. The third-order valence-corrected chi connectivity index (χ3v) is 3.74. The molecule has 0 saturated carbocycles. The molecule has 3 nitrogen and oxygen atoms in total. The van der Waals surface area contributed by atoms with E-state index in [1.165, 1.54) is 7.11 Å². The summed E-state index contributed by atoms with van der Waals surface area (Å²) in [4.78, 5) is 8.46. The summed E-state index contributed by atoms with van der Waals surface area (Å²) in [6.07, 6.45) is -4.46. The van der Waals surface area contributed by atoms with E-state index < -0.39 is 19.0 Å². The lowest BCUT2D eigenvalue weighted by atomic mass is 10.1. The van der Waals surface area contributed by atoms with Crippen LogP contribution in [0.3, 0.4) is 0 Å². The molecule has 114 valence electrons. The van der Waals surface area contributed by atoms with E-state index >= 15 is 0 Å². The lowest BCUT2D eigenvalue weighted by Gasteiger charge is -2.14. The van der Waals surface area contributed by atoms with Crippen molar-refractivity contribution in [2.24, 2.45) is 0 Å². The molecule has 0 aliphatic rings. The van der Waals surface area contributed by atoms with E-state index in [4.69, 9.17) is 4.74 Å². The van der Waals surface area contributed by atoms with E-state index in [2.05, 4.69) is 25.9 Å². The molecule has 1 aromatic carbocycles. The zero-order chi connectivity index (χ0) is 15.6. The van der Waals surface area contributed by atoms with Crippen LogP contribution < -0.4 is 4.74 Å². The normalized spacial score (nSPS) is 14.2. The van der Waals surface area contributed by atoms with Gasteiger partial charge in [0, 0.05) is 10.9 Å². The molecule has 1 heterocycles. The number of methoxy groups -OCH3 is 1. The number of rotatable bonds is 5. The highest BCUT2D eigenvalue weighted by molar-refractivity contribution is 9.10. The van der Waals surface area contributed by atoms with Gasteiger partial charge in [0.2, 0.25) is 0 Å². The highest BCUT2D eigenvalue weighted by Gasteiger charge is 2.24. The molecule has 0 saturated heterocycles. The number of fused-ring (bicyclic) bond motifs is 1. The summed E-state index contributed by atoms with van der Waals surface area (Å²) < 4.78 is 45.1. The Labute approximate surface area is 128 Å². The predicted octanol–water partition coefficient (Wildman–Crippen LogP) is 3.90. The van der Waals surface area contributed by atoms with Crippen LogP contribution >= 0.6 is 15.9 Å². The van der Waals surface area contributed by atoms with E-state index in [0.29, 0.717) is 32.6 Å². The number of aromatic nitrogens is 2. The summed E-state index contributed by atoms with van der Waals surface area (Å²) >= 11 is 3.36. The van der Waals surface area contributed by atoms with Crippen LogP contribution in [0.4, 0.5) is 13.2 Å². The zero-order valence-corrected chi connectivity index (χ0v) is 13.1. The van der Waals surface area contributed by atoms with Crippen molar-refractivity contribution in [2.45, 2.75) is 25.7 Å². The molecule has 2 atom stereocenters. The minimum atomic E-state index is -2.16. The summed E-state index contributed by atoms with van der Waals surface area (Å²) in [5.74, 6) is 0.889. The van der Waals surface area contributed by atoms with Gasteiger partial charge in [-0.2, -0.15) is 0 Å². The molecule has 21 heavy (non-hydrogen) atoms. The SMILES string of the molecule is COc1ccc(Br)c2nc(C)nc(CC(F)C(F)CF)c12. The van der Waals surface area contributed by atoms with Crippen LogP contribution in [0.2, 0.25) is 0 Å². The first-order valence-electron chi connectivity index (χ1n) is 6.31. The van der Waals surface area contributed by atoms with Gasteiger partial charge in [0.05, 0.1) is 23.7 Å². The molecule has 2 aromatic rings. The van der Waals surface area contributed by atoms with E-state index in [0.717, 1.165) is 0 Å². The van der Waals surface area contributed by atoms with Gasteiger partial charge >= 0.3 is 0 Å². The zero-order valence-electron chi connectivity index (χ0n) is 11.5. The van der Waals surface area contributed by atoms with Crippen molar-refractivity contribution in [1.29, 1.82) is 0 Å². The maximum Gasteiger partial charge on any atom is 0.160 e. The van der Waals surface area contributed by atoms with Gasteiger partial charge in [-0.25, -0.2) is 23.1 Å². The minimum absolute atomic E-state index is 0.305. The number of hydrogen-bond acceptors (Lipinski definition) is 3. The highest BCUT2D eigenvalue weighted by Crippen LogP contribution is 2.33. The van der Waals surface area contributed by atoms with Crippen LogP contribution in [-0.2, 0) is 6.42 Å². The second-order valence-corrected chi connectivity index (χ2v) is 5.44. The monoisotopic (exact) mass is 362 g/mol. The van der Waals surface area contributed by atoms with Gasteiger partial charge in [0.1, 0.15) is 24.4 Å². The molecular weight excluding hydrogens is 349 g/mol. The molecule has 0 aliphatic heterocycles. The topological polar surface area (TPSA) is 35.0 Å². The Balaban J connectivity index is 2.59. The summed E-state index contributed by atoms with van der Waals surface area (Å²) in [6, 6.07) is 3.44. The van der Waals surface area contributed by atoms with Gasteiger partial charge < -0.3 is 4.74 Å². The molecule has 2 rings (SSSR count). The van der Waals surface area contributed by atoms with Gasteiger partial charge in [0.25, 0.3) is 0 Å². The smallest absolute Gasteiger partial charge is 0.160 e. The molecule has 2 unspecified atom stereocenters. The molecule has 0 spiro atoms. The Hall–Kier alpha value is -1.37. The molecule has 7 heteroatoms. The Morgan fingerprint density at radius 1 is 1.24 bits per heavy atom. The molecule has 1 aromatic heterocycles. The second kappa shape index (κ2) is 6.60. The largest absolute Gasteiger partial charge is 0.496 e. The third kappa shape index (κ3) is 3.28. The van der Waals surface area contributed by atoms with Gasteiger partial charge in [0.15, 0.2) is 6.17 Å². The molecule has 0 amide bonds. The lowest BCUT2D eigenvalue weighted by Crippen LogP contribution is -2.22. The maximum absolute atomic E-state index is 13.8.